The van der Waals surface area contributed by atoms with E-state index < -0.39 is 0 Å². The second kappa shape index (κ2) is 8.06. The molecule has 0 aliphatic heterocycles. The van der Waals surface area contributed by atoms with Crippen molar-refractivity contribution in [2.75, 3.05) is 5.32 Å². The topological polar surface area (TPSA) is 54.0 Å². The van der Waals surface area contributed by atoms with E-state index in [0.29, 0.717) is 5.13 Å². The number of carbonyl (C=O) groups is 1. The van der Waals surface area contributed by atoms with Crippen LogP contribution in [0.5, 0.6) is 0 Å². The lowest BCUT2D eigenvalue weighted by Gasteiger charge is -2.13. The van der Waals surface area contributed by atoms with Crippen LogP contribution in [0.2, 0.25) is 0 Å². The van der Waals surface area contributed by atoms with Crippen LogP contribution in [0, 0.1) is 0 Å². The van der Waals surface area contributed by atoms with Gasteiger partial charge in [-0.2, -0.15) is 0 Å². The number of amides is 2. The second-order valence-electron chi connectivity index (χ2n) is 4.19. The smallest absolute Gasteiger partial charge is 0.321 e. The summed E-state index contributed by atoms with van der Waals surface area (Å²) in [4.78, 5) is 15.6. The van der Waals surface area contributed by atoms with Gasteiger partial charge in [-0.1, -0.05) is 32.6 Å². The summed E-state index contributed by atoms with van der Waals surface area (Å²) in [5.74, 6) is 0. The molecule has 0 aromatic carbocycles. The Bertz CT molecular complexity index is 314. The van der Waals surface area contributed by atoms with Gasteiger partial charge in [0.25, 0.3) is 0 Å². The molecule has 0 saturated carbocycles. The van der Waals surface area contributed by atoms with Crippen LogP contribution in [0.4, 0.5) is 9.93 Å². The summed E-state index contributed by atoms with van der Waals surface area (Å²) in [6.45, 7) is 4.23. The van der Waals surface area contributed by atoms with E-state index in [4.69, 9.17) is 0 Å². The minimum Gasteiger partial charge on any atom is -0.335 e. The first-order chi connectivity index (χ1) is 8.22. The van der Waals surface area contributed by atoms with Crippen molar-refractivity contribution in [3.63, 3.8) is 0 Å². The van der Waals surface area contributed by atoms with E-state index in [-0.39, 0.29) is 12.1 Å². The van der Waals surface area contributed by atoms with Gasteiger partial charge < -0.3 is 5.32 Å². The van der Waals surface area contributed by atoms with E-state index in [9.17, 15) is 4.79 Å². The molecule has 0 saturated heterocycles. The number of thiazole rings is 1. The maximum atomic E-state index is 11.6. The summed E-state index contributed by atoms with van der Waals surface area (Å²) in [6, 6.07) is 0.0507. The van der Waals surface area contributed by atoms with Crippen molar-refractivity contribution in [1.29, 1.82) is 0 Å². The maximum Gasteiger partial charge on any atom is 0.321 e. The van der Waals surface area contributed by atoms with Gasteiger partial charge in [0, 0.05) is 17.6 Å². The minimum absolute atomic E-state index is 0.164. The van der Waals surface area contributed by atoms with Crippen LogP contribution in [0.15, 0.2) is 11.6 Å². The van der Waals surface area contributed by atoms with E-state index >= 15 is 0 Å². The Morgan fingerprint density at radius 2 is 2.29 bits per heavy atom. The zero-order chi connectivity index (χ0) is 12.5. The predicted molar refractivity (Wildman–Crippen MR) is 72.5 cm³/mol. The standard InChI is InChI=1S/C12H21N3OS/c1-3-4-5-6-7-10(2)14-11(16)15-12-13-8-9-17-12/h8-10H,3-7H2,1-2H3,(H2,13,14,15,16)/t10-/m1/s1. The van der Waals surface area contributed by atoms with Crippen LogP contribution < -0.4 is 10.6 Å². The normalized spacial score (nSPS) is 12.1. The van der Waals surface area contributed by atoms with Crippen molar-refractivity contribution in [3.05, 3.63) is 11.6 Å². The lowest BCUT2D eigenvalue weighted by atomic mass is 10.1. The van der Waals surface area contributed by atoms with Crippen LogP contribution in [0.1, 0.15) is 46.0 Å². The van der Waals surface area contributed by atoms with E-state index in [0.717, 1.165) is 6.42 Å². The van der Waals surface area contributed by atoms with Crippen molar-refractivity contribution in [1.82, 2.24) is 10.3 Å². The van der Waals surface area contributed by atoms with Gasteiger partial charge >= 0.3 is 6.03 Å². The third-order valence-corrected chi connectivity index (χ3v) is 3.21. The van der Waals surface area contributed by atoms with Crippen molar-refractivity contribution in [2.45, 2.75) is 52.0 Å². The highest BCUT2D eigenvalue weighted by Gasteiger charge is 2.07. The molecule has 1 aromatic rings. The highest BCUT2D eigenvalue weighted by atomic mass is 32.1. The van der Waals surface area contributed by atoms with Crippen molar-refractivity contribution >= 4 is 22.5 Å². The summed E-state index contributed by atoms with van der Waals surface area (Å²) in [7, 11) is 0. The Morgan fingerprint density at radius 1 is 1.47 bits per heavy atom. The number of nitrogens with zero attached hydrogens (tertiary/aromatic N) is 1. The van der Waals surface area contributed by atoms with Gasteiger partial charge in [-0.25, -0.2) is 9.78 Å². The Morgan fingerprint density at radius 3 is 2.94 bits per heavy atom. The number of nitrogens with one attached hydrogen (secondary N) is 2. The van der Waals surface area contributed by atoms with Crippen LogP contribution in [-0.4, -0.2) is 17.1 Å². The molecule has 1 rings (SSSR count). The molecular weight excluding hydrogens is 234 g/mol. The zero-order valence-corrected chi connectivity index (χ0v) is 11.3. The van der Waals surface area contributed by atoms with E-state index in [2.05, 4.69) is 22.5 Å². The molecule has 0 aliphatic rings. The lowest BCUT2D eigenvalue weighted by molar-refractivity contribution is 0.248. The first-order valence-corrected chi connectivity index (χ1v) is 7.07. The van der Waals surface area contributed by atoms with Crippen LogP contribution in [-0.2, 0) is 0 Å². The van der Waals surface area contributed by atoms with Gasteiger partial charge in [-0.05, 0) is 13.3 Å². The molecule has 17 heavy (non-hydrogen) atoms. The molecule has 0 fully saturated rings. The Labute approximate surface area is 107 Å². The molecule has 0 bridgehead atoms. The Hall–Kier alpha value is -1.10. The summed E-state index contributed by atoms with van der Waals surface area (Å²) < 4.78 is 0. The maximum absolute atomic E-state index is 11.6. The number of anilines is 1. The molecule has 0 aliphatic carbocycles. The highest BCUT2D eigenvalue weighted by molar-refractivity contribution is 7.13. The minimum atomic E-state index is -0.164. The number of rotatable bonds is 7. The molecule has 1 heterocycles. The fourth-order valence-electron chi connectivity index (χ4n) is 1.59. The van der Waals surface area contributed by atoms with Crippen LogP contribution >= 0.6 is 11.3 Å². The molecule has 1 atom stereocenters. The average Bonchev–Trinajstić information content (AvgIpc) is 2.77. The van der Waals surface area contributed by atoms with Crippen molar-refractivity contribution in [2.24, 2.45) is 0 Å². The van der Waals surface area contributed by atoms with Crippen LogP contribution in [0.3, 0.4) is 0 Å². The number of aromatic nitrogens is 1. The molecule has 0 radical (unpaired) electrons. The fourth-order valence-corrected chi connectivity index (χ4v) is 2.12. The lowest BCUT2D eigenvalue weighted by Crippen LogP contribution is -2.36. The number of urea groups is 1. The van der Waals surface area contributed by atoms with E-state index in [1.54, 1.807) is 6.20 Å². The molecule has 0 unspecified atom stereocenters. The summed E-state index contributed by atoms with van der Waals surface area (Å²) in [5, 5.41) is 8.10. The molecular formula is C12H21N3OS. The largest absolute Gasteiger partial charge is 0.335 e. The zero-order valence-electron chi connectivity index (χ0n) is 10.5. The first kappa shape index (κ1) is 14.0. The van der Waals surface area contributed by atoms with E-state index in [1.165, 1.54) is 37.0 Å². The third kappa shape index (κ3) is 6.26. The molecule has 2 amide bonds. The second-order valence-corrected chi connectivity index (χ2v) is 5.08. The number of hydrogen-bond acceptors (Lipinski definition) is 3. The summed E-state index contributed by atoms with van der Waals surface area (Å²) in [6.07, 6.45) is 7.65. The van der Waals surface area contributed by atoms with Crippen LogP contribution in [0.25, 0.3) is 0 Å². The highest BCUT2D eigenvalue weighted by Crippen LogP contribution is 2.10. The van der Waals surface area contributed by atoms with Gasteiger partial charge in [-0.3, -0.25) is 5.32 Å². The Kier molecular flexibility index (Phi) is 6.62. The predicted octanol–water partition coefficient (Wildman–Crippen LogP) is 3.62. The Balaban J connectivity index is 2.13. The summed E-state index contributed by atoms with van der Waals surface area (Å²) in [5.41, 5.74) is 0. The number of carbonyl (C=O) groups excluding carboxylic acids is 1. The fraction of sp³-hybridized carbons (Fsp3) is 0.667. The number of unbranched alkanes of at least 4 members (excludes halogenated alkanes) is 3. The van der Waals surface area contributed by atoms with Crippen molar-refractivity contribution < 1.29 is 4.79 Å². The van der Waals surface area contributed by atoms with Gasteiger partial charge in [0.15, 0.2) is 5.13 Å². The van der Waals surface area contributed by atoms with Gasteiger partial charge in [0.1, 0.15) is 0 Å². The number of hydrogen-bond donors (Lipinski definition) is 2. The van der Waals surface area contributed by atoms with Gasteiger partial charge in [0.2, 0.25) is 0 Å². The summed E-state index contributed by atoms with van der Waals surface area (Å²) >= 11 is 1.42. The van der Waals surface area contributed by atoms with Crippen molar-refractivity contribution in [3.8, 4) is 0 Å². The average molecular weight is 255 g/mol. The molecule has 2 N–H and O–H groups in total. The molecule has 1 aromatic heterocycles. The quantitative estimate of drug-likeness (QED) is 0.731. The molecule has 5 heteroatoms. The molecule has 4 nitrogen and oxygen atoms in total. The first-order valence-electron chi connectivity index (χ1n) is 6.19. The molecule has 0 spiro atoms. The molecule has 96 valence electrons. The monoisotopic (exact) mass is 255 g/mol. The van der Waals surface area contributed by atoms with Gasteiger partial charge in [0.05, 0.1) is 0 Å². The third-order valence-electron chi connectivity index (χ3n) is 2.52. The van der Waals surface area contributed by atoms with Gasteiger partial charge in [-0.15, -0.1) is 11.3 Å². The van der Waals surface area contributed by atoms with E-state index in [1.807, 2.05) is 12.3 Å². The SMILES string of the molecule is CCCCCC[C@@H](C)NC(=O)Nc1nccs1.